The Bertz CT molecular complexity index is 202. The first-order valence-corrected chi connectivity index (χ1v) is 6.44. The molecule has 16 heavy (non-hydrogen) atoms. The van der Waals surface area contributed by atoms with E-state index < -0.39 is 0 Å². The van der Waals surface area contributed by atoms with Crippen molar-refractivity contribution in [2.24, 2.45) is 5.92 Å². The van der Waals surface area contributed by atoms with Crippen molar-refractivity contribution in [3.8, 4) is 0 Å². The van der Waals surface area contributed by atoms with Gasteiger partial charge < -0.3 is 14.7 Å². The maximum absolute atomic E-state index is 10.4. The van der Waals surface area contributed by atoms with Crippen molar-refractivity contribution in [1.29, 1.82) is 0 Å². The highest BCUT2D eigenvalue weighted by atomic mass is 16.5. The fraction of sp³-hybridized carbons (Fsp3) is 1.00. The lowest BCUT2D eigenvalue weighted by atomic mass is 9.82. The lowest BCUT2D eigenvalue weighted by molar-refractivity contribution is -0.0261. The van der Waals surface area contributed by atoms with Gasteiger partial charge in [0.25, 0.3) is 0 Å². The van der Waals surface area contributed by atoms with Crippen LogP contribution in [0.15, 0.2) is 0 Å². The van der Waals surface area contributed by atoms with Crippen LogP contribution in [0.25, 0.3) is 0 Å². The van der Waals surface area contributed by atoms with Gasteiger partial charge in [-0.05, 0) is 52.6 Å². The molecule has 0 spiro atoms. The minimum atomic E-state index is -0.240. The van der Waals surface area contributed by atoms with Gasteiger partial charge in [0, 0.05) is 18.8 Å². The molecule has 2 unspecified atom stereocenters. The van der Waals surface area contributed by atoms with Crippen LogP contribution < -0.4 is 0 Å². The normalized spacial score (nSPS) is 24.4. The van der Waals surface area contributed by atoms with Crippen LogP contribution >= 0.6 is 0 Å². The molecule has 0 amide bonds. The smallest absolute Gasteiger partial charge is 0.0723 e. The number of ether oxygens (including phenoxy) is 1. The minimum Gasteiger partial charge on any atom is -0.391 e. The van der Waals surface area contributed by atoms with Gasteiger partial charge in [0.15, 0.2) is 0 Å². The van der Waals surface area contributed by atoms with Crippen molar-refractivity contribution in [1.82, 2.24) is 4.90 Å². The molecule has 96 valence electrons. The maximum atomic E-state index is 10.4. The van der Waals surface area contributed by atoms with E-state index in [0.29, 0.717) is 5.92 Å². The fourth-order valence-corrected chi connectivity index (χ4v) is 2.40. The van der Waals surface area contributed by atoms with E-state index in [1.54, 1.807) is 0 Å². The van der Waals surface area contributed by atoms with E-state index in [1.165, 1.54) is 0 Å². The van der Waals surface area contributed by atoms with Gasteiger partial charge >= 0.3 is 0 Å². The Kier molecular flexibility index (Phi) is 5.22. The summed E-state index contributed by atoms with van der Waals surface area (Å²) in [6.07, 6.45) is 3.85. The summed E-state index contributed by atoms with van der Waals surface area (Å²) < 4.78 is 5.35. The number of rotatable bonds is 5. The molecule has 1 fully saturated rings. The monoisotopic (exact) mass is 229 g/mol. The molecule has 0 aromatic carbocycles. The van der Waals surface area contributed by atoms with Gasteiger partial charge in [-0.15, -0.1) is 0 Å². The molecule has 1 aliphatic rings. The summed E-state index contributed by atoms with van der Waals surface area (Å²) in [5.41, 5.74) is -0.0989. The third-order valence-corrected chi connectivity index (χ3v) is 4.35. The first-order valence-electron chi connectivity index (χ1n) is 6.44. The van der Waals surface area contributed by atoms with Crippen molar-refractivity contribution >= 4 is 0 Å². The lowest BCUT2D eigenvalue weighted by Crippen LogP contribution is -2.51. The molecule has 1 N–H and O–H groups in total. The first-order chi connectivity index (χ1) is 7.50. The van der Waals surface area contributed by atoms with Crippen LogP contribution in [0, 0.1) is 5.92 Å². The van der Waals surface area contributed by atoms with Crippen LogP contribution in [0.3, 0.4) is 0 Å². The highest BCUT2D eigenvalue weighted by Gasteiger charge is 2.35. The molecule has 1 aliphatic heterocycles. The van der Waals surface area contributed by atoms with Crippen LogP contribution in [0.4, 0.5) is 0 Å². The predicted molar refractivity (Wildman–Crippen MR) is 66.5 cm³/mol. The number of hydrogen-bond acceptors (Lipinski definition) is 3. The third kappa shape index (κ3) is 3.19. The van der Waals surface area contributed by atoms with E-state index >= 15 is 0 Å². The molecule has 3 heteroatoms. The molecular formula is C13H27NO2. The van der Waals surface area contributed by atoms with Crippen molar-refractivity contribution in [3.63, 3.8) is 0 Å². The molecule has 0 aromatic rings. The number of likely N-dealkylation sites (N-methyl/N-ethyl adjacent to an activating group) is 1. The Morgan fingerprint density at radius 2 is 1.94 bits per heavy atom. The van der Waals surface area contributed by atoms with Crippen LogP contribution in [0.1, 0.15) is 39.5 Å². The van der Waals surface area contributed by atoms with Gasteiger partial charge in [0.05, 0.1) is 6.10 Å². The standard InChI is InChI=1S/C13H27NO2/c1-5-13(2,14(3)4)12(15)10-11-6-8-16-9-7-11/h11-12,15H,5-10H2,1-4H3. The molecule has 1 rings (SSSR count). The molecule has 0 bridgehead atoms. The Balaban J connectivity index is 2.51. The quantitative estimate of drug-likeness (QED) is 0.781. The Hall–Kier alpha value is -0.120. The summed E-state index contributed by atoms with van der Waals surface area (Å²) >= 11 is 0. The summed E-state index contributed by atoms with van der Waals surface area (Å²) in [5, 5.41) is 10.4. The molecule has 1 heterocycles. The highest BCUT2D eigenvalue weighted by Crippen LogP contribution is 2.29. The second-order valence-corrected chi connectivity index (χ2v) is 5.41. The van der Waals surface area contributed by atoms with Gasteiger partial charge in [-0.3, -0.25) is 0 Å². The number of nitrogens with zero attached hydrogens (tertiary/aromatic N) is 1. The van der Waals surface area contributed by atoms with Crippen molar-refractivity contribution < 1.29 is 9.84 Å². The summed E-state index contributed by atoms with van der Waals surface area (Å²) in [6.45, 7) is 6.02. The summed E-state index contributed by atoms with van der Waals surface area (Å²) in [5.74, 6) is 0.634. The lowest BCUT2D eigenvalue weighted by Gasteiger charge is -2.41. The zero-order chi connectivity index (χ0) is 12.2. The number of hydrogen-bond donors (Lipinski definition) is 1. The van der Waals surface area contributed by atoms with E-state index in [9.17, 15) is 5.11 Å². The average Bonchev–Trinajstić information content (AvgIpc) is 2.28. The average molecular weight is 229 g/mol. The van der Waals surface area contributed by atoms with Crippen LogP contribution in [0.5, 0.6) is 0 Å². The van der Waals surface area contributed by atoms with E-state index in [2.05, 4.69) is 32.8 Å². The van der Waals surface area contributed by atoms with E-state index in [4.69, 9.17) is 4.74 Å². The first kappa shape index (κ1) is 13.9. The zero-order valence-electron chi connectivity index (χ0n) is 11.2. The molecule has 3 nitrogen and oxygen atoms in total. The summed E-state index contributed by atoms with van der Waals surface area (Å²) in [6, 6.07) is 0. The van der Waals surface area contributed by atoms with Crippen LogP contribution in [-0.4, -0.2) is 49.0 Å². The SMILES string of the molecule is CCC(C)(C(O)CC1CCOCC1)N(C)C. The van der Waals surface area contributed by atoms with Gasteiger partial charge in [0.1, 0.15) is 0 Å². The highest BCUT2D eigenvalue weighted by molar-refractivity contribution is 4.90. The van der Waals surface area contributed by atoms with Crippen molar-refractivity contribution in [3.05, 3.63) is 0 Å². The summed E-state index contributed by atoms with van der Waals surface area (Å²) in [4.78, 5) is 2.15. The van der Waals surface area contributed by atoms with Crippen LogP contribution in [0.2, 0.25) is 0 Å². The van der Waals surface area contributed by atoms with Gasteiger partial charge in [-0.2, -0.15) is 0 Å². The molecular weight excluding hydrogens is 202 g/mol. The molecule has 0 aliphatic carbocycles. The second kappa shape index (κ2) is 5.99. The second-order valence-electron chi connectivity index (χ2n) is 5.41. The Morgan fingerprint density at radius 3 is 2.38 bits per heavy atom. The third-order valence-electron chi connectivity index (χ3n) is 4.35. The predicted octanol–water partition coefficient (Wildman–Crippen LogP) is 1.89. The van der Waals surface area contributed by atoms with Gasteiger partial charge in [-0.1, -0.05) is 6.92 Å². The maximum Gasteiger partial charge on any atom is 0.0723 e. The molecule has 1 saturated heterocycles. The zero-order valence-corrected chi connectivity index (χ0v) is 11.2. The molecule has 0 radical (unpaired) electrons. The van der Waals surface area contributed by atoms with E-state index in [1.807, 2.05) is 0 Å². The Labute approximate surface area is 99.8 Å². The van der Waals surface area contributed by atoms with Gasteiger partial charge in [0.2, 0.25) is 0 Å². The fourth-order valence-electron chi connectivity index (χ4n) is 2.40. The van der Waals surface area contributed by atoms with E-state index in [-0.39, 0.29) is 11.6 Å². The van der Waals surface area contributed by atoms with Crippen LogP contribution in [-0.2, 0) is 4.74 Å². The van der Waals surface area contributed by atoms with Gasteiger partial charge in [-0.25, -0.2) is 0 Å². The largest absolute Gasteiger partial charge is 0.391 e. The minimum absolute atomic E-state index is 0.0989. The van der Waals surface area contributed by atoms with Crippen molar-refractivity contribution in [2.75, 3.05) is 27.3 Å². The molecule has 0 aromatic heterocycles. The van der Waals surface area contributed by atoms with E-state index in [0.717, 1.165) is 38.9 Å². The Morgan fingerprint density at radius 1 is 1.38 bits per heavy atom. The molecule has 2 atom stereocenters. The number of aliphatic hydroxyl groups excluding tert-OH is 1. The topological polar surface area (TPSA) is 32.7 Å². The molecule has 0 saturated carbocycles. The summed E-state index contributed by atoms with van der Waals surface area (Å²) in [7, 11) is 4.10. The van der Waals surface area contributed by atoms with Crippen molar-refractivity contribution in [2.45, 2.75) is 51.2 Å². The number of aliphatic hydroxyl groups is 1.